The Hall–Kier alpha value is -1.45. The molecule has 0 fully saturated rings. The van der Waals surface area contributed by atoms with Crippen molar-refractivity contribution in [2.45, 2.75) is 20.0 Å². The van der Waals surface area contributed by atoms with Crippen LogP contribution in [0.15, 0.2) is 30.3 Å². The molecule has 0 saturated carbocycles. The highest BCUT2D eigenvalue weighted by Gasteiger charge is 2.16. The van der Waals surface area contributed by atoms with Gasteiger partial charge in [-0.25, -0.2) is 8.78 Å². The topological polar surface area (TPSA) is 20.2 Å². The molecule has 1 N–H and O–H groups in total. The Morgan fingerprint density at radius 3 is 2.05 bits per heavy atom. The second-order valence-electron chi connectivity index (χ2n) is 4.56. The Bertz CT molecular complexity index is 606. The zero-order valence-corrected chi connectivity index (χ0v) is 11.3. The molecule has 0 aliphatic rings. The van der Waals surface area contributed by atoms with Crippen LogP contribution in [0.3, 0.4) is 0 Å². The van der Waals surface area contributed by atoms with E-state index in [-0.39, 0.29) is 5.56 Å². The molecule has 2 aromatic rings. The summed E-state index contributed by atoms with van der Waals surface area (Å²) in [5.41, 5.74) is 2.53. The Morgan fingerprint density at radius 2 is 1.47 bits per heavy atom. The fourth-order valence-electron chi connectivity index (χ4n) is 1.93. The summed E-state index contributed by atoms with van der Waals surface area (Å²) in [5.74, 6) is -1.46. The van der Waals surface area contributed by atoms with Crippen LogP contribution < -0.4 is 0 Å². The van der Waals surface area contributed by atoms with Crippen molar-refractivity contribution >= 4 is 11.6 Å². The molecule has 0 aliphatic carbocycles. The van der Waals surface area contributed by atoms with E-state index >= 15 is 0 Å². The number of aliphatic hydroxyl groups is 1. The van der Waals surface area contributed by atoms with E-state index in [0.717, 1.165) is 29.3 Å². The molecular formula is C15H13ClF2O. The van der Waals surface area contributed by atoms with Crippen molar-refractivity contribution in [2.24, 2.45) is 0 Å². The third kappa shape index (κ3) is 2.94. The summed E-state index contributed by atoms with van der Waals surface area (Å²) >= 11 is 6.08. The van der Waals surface area contributed by atoms with Gasteiger partial charge in [-0.1, -0.05) is 17.7 Å². The average Bonchev–Trinajstić information content (AvgIpc) is 2.31. The Balaban J connectivity index is 2.49. The summed E-state index contributed by atoms with van der Waals surface area (Å²) in [6.45, 7) is 3.78. The van der Waals surface area contributed by atoms with Crippen molar-refractivity contribution in [3.05, 3.63) is 69.2 Å². The summed E-state index contributed by atoms with van der Waals surface area (Å²) in [4.78, 5) is 0. The van der Waals surface area contributed by atoms with E-state index in [0.29, 0.717) is 10.6 Å². The maximum absolute atomic E-state index is 13.2. The smallest absolute Gasteiger partial charge is 0.126 e. The quantitative estimate of drug-likeness (QED) is 0.870. The first kappa shape index (κ1) is 14.0. The second kappa shape index (κ2) is 5.27. The van der Waals surface area contributed by atoms with Gasteiger partial charge in [0.05, 0.1) is 0 Å². The molecule has 1 atom stereocenters. The van der Waals surface area contributed by atoms with Crippen molar-refractivity contribution in [2.75, 3.05) is 0 Å². The first-order valence-electron chi connectivity index (χ1n) is 5.79. The van der Waals surface area contributed by atoms with E-state index in [2.05, 4.69) is 0 Å². The molecule has 2 aromatic carbocycles. The molecule has 0 aliphatic heterocycles. The van der Waals surface area contributed by atoms with Crippen molar-refractivity contribution < 1.29 is 13.9 Å². The van der Waals surface area contributed by atoms with Crippen LogP contribution in [0, 0.1) is 25.5 Å². The van der Waals surface area contributed by atoms with E-state index in [9.17, 15) is 13.9 Å². The highest BCUT2D eigenvalue weighted by Crippen LogP contribution is 2.31. The zero-order chi connectivity index (χ0) is 14.2. The Labute approximate surface area is 115 Å². The van der Waals surface area contributed by atoms with Crippen LogP contribution in [0.25, 0.3) is 0 Å². The van der Waals surface area contributed by atoms with Gasteiger partial charge in [-0.15, -0.1) is 0 Å². The van der Waals surface area contributed by atoms with Gasteiger partial charge in [-0.2, -0.15) is 0 Å². The number of halogens is 3. The van der Waals surface area contributed by atoms with Crippen LogP contribution in [0.5, 0.6) is 0 Å². The minimum Gasteiger partial charge on any atom is -0.384 e. The van der Waals surface area contributed by atoms with Gasteiger partial charge in [-0.3, -0.25) is 0 Å². The standard InChI is InChI=1S/C15H13ClF2O/c1-8-3-13(14(16)4-9(8)2)15(19)10-5-11(17)7-12(18)6-10/h3-7,15,19H,1-2H3. The molecule has 0 saturated heterocycles. The molecule has 0 bridgehead atoms. The minimum absolute atomic E-state index is 0.141. The fourth-order valence-corrected chi connectivity index (χ4v) is 2.25. The lowest BCUT2D eigenvalue weighted by Crippen LogP contribution is -2.03. The monoisotopic (exact) mass is 282 g/mol. The van der Waals surface area contributed by atoms with Crippen LogP contribution in [0.4, 0.5) is 8.78 Å². The number of aryl methyl sites for hydroxylation is 2. The SMILES string of the molecule is Cc1cc(Cl)c(C(O)c2cc(F)cc(F)c2)cc1C. The van der Waals surface area contributed by atoms with Gasteiger partial charge in [0.25, 0.3) is 0 Å². The van der Waals surface area contributed by atoms with Gasteiger partial charge in [0.1, 0.15) is 17.7 Å². The number of hydrogen-bond acceptors (Lipinski definition) is 1. The van der Waals surface area contributed by atoms with Gasteiger partial charge in [0, 0.05) is 16.7 Å². The van der Waals surface area contributed by atoms with E-state index in [4.69, 9.17) is 11.6 Å². The largest absolute Gasteiger partial charge is 0.384 e. The van der Waals surface area contributed by atoms with Crippen LogP contribution in [-0.4, -0.2) is 5.11 Å². The third-order valence-corrected chi connectivity index (χ3v) is 3.44. The van der Waals surface area contributed by atoms with Gasteiger partial charge in [-0.05, 0) is 48.7 Å². The third-order valence-electron chi connectivity index (χ3n) is 3.11. The second-order valence-corrected chi connectivity index (χ2v) is 4.97. The van der Waals surface area contributed by atoms with E-state index in [1.807, 2.05) is 13.8 Å². The fraction of sp³-hybridized carbons (Fsp3) is 0.200. The van der Waals surface area contributed by atoms with Crippen LogP contribution in [-0.2, 0) is 0 Å². The maximum Gasteiger partial charge on any atom is 0.126 e. The van der Waals surface area contributed by atoms with E-state index in [1.165, 1.54) is 0 Å². The molecule has 2 rings (SSSR count). The molecule has 0 heterocycles. The van der Waals surface area contributed by atoms with Gasteiger partial charge in [0.15, 0.2) is 0 Å². The summed E-state index contributed by atoms with van der Waals surface area (Å²) in [6, 6.07) is 6.41. The summed E-state index contributed by atoms with van der Waals surface area (Å²) in [5, 5.41) is 10.6. The molecule has 4 heteroatoms. The lowest BCUT2D eigenvalue weighted by atomic mass is 9.97. The van der Waals surface area contributed by atoms with Crippen molar-refractivity contribution in [1.29, 1.82) is 0 Å². The van der Waals surface area contributed by atoms with Gasteiger partial charge >= 0.3 is 0 Å². The van der Waals surface area contributed by atoms with Gasteiger partial charge in [0.2, 0.25) is 0 Å². The van der Waals surface area contributed by atoms with Gasteiger partial charge < -0.3 is 5.11 Å². The lowest BCUT2D eigenvalue weighted by molar-refractivity contribution is 0.219. The van der Waals surface area contributed by atoms with Crippen molar-refractivity contribution in [3.63, 3.8) is 0 Å². The maximum atomic E-state index is 13.2. The molecule has 0 aromatic heterocycles. The first-order valence-corrected chi connectivity index (χ1v) is 6.17. The molecule has 1 nitrogen and oxygen atoms in total. The Morgan fingerprint density at radius 1 is 0.947 bits per heavy atom. The summed E-state index contributed by atoms with van der Waals surface area (Å²) in [7, 11) is 0. The van der Waals surface area contributed by atoms with Crippen molar-refractivity contribution in [3.8, 4) is 0 Å². The zero-order valence-electron chi connectivity index (χ0n) is 10.5. The van der Waals surface area contributed by atoms with E-state index in [1.54, 1.807) is 12.1 Å². The number of benzene rings is 2. The van der Waals surface area contributed by atoms with Crippen LogP contribution in [0.2, 0.25) is 5.02 Å². The predicted molar refractivity (Wildman–Crippen MR) is 71.3 cm³/mol. The highest BCUT2D eigenvalue weighted by molar-refractivity contribution is 6.31. The summed E-state index contributed by atoms with van der Waals surface area (Å²) in [6.07, 6.45) is -1.16. The highest BCUT2D eigenvalue weighted by atomic mass is 35.5. The molecule has 1 unspecified atom stereocenters. The number of aliphatic hydroxyl groups excluding tert-OH is 1. The molecule has 100 valence electrons. The van der Waals surface area contributed by atoms with E-state index < -0.39 is 17.7 Å². The molecule has 0 spiro atoms. The Kier molecular flexibility index (Phi) is 3.88. The summed E-state index contributed by atoms with van der Waals surface area (Å²) < 4.78 is 26.3. The first-order chi connectivity index (χ1) is 8.88. The van der Waals surface area contributed by atoms with Crippen molar-refractivity contribution in [1.82, 2.24) is 0 Å². The molecule has 0 radical (unpaired) electrons. The number of rotatable bonds is 2. The van der Waals surface area contributed by atoms with Crippen LogP contribution in [0.1, 0.15) is 28.4 Å². The van der Waals surface area contributed by atoms with Crippen LogP contribution >= 0.6 is 11.6 Å². The normalized spacial score (nSPS) is 12.5. The number of hydrogen-bond donors (Lipinski definition) is 1. The predicted octanol–water partition coefficient (Wildman–Crippen LogP) is 4.32. The average molecular weight is 283 g/mol. The molecule has 0 amide bonds. The molecule has 19 heavy (non-hydrogen) atoms. The lowest BCUT2D eigenvalue weighted by Gasteiger charge is -2.15. The minimum atomic E-state index is -1.16. The molecular weight excluding hydrogens is 270 g/mol.